The molecule has 1 nitrogen and oxygen atoms in total. The van der Waals surface area contributed by atoms with Crippen LogP contribution in [-0.4, -0.2) is 0 Å². The first-order valence-corrected chi connectivity index (χ1v) is 6.04. The summed E-state index contributed by atoms with van der Waals surface area (Å²) in [6.07, 6.45) is 6.77. The zero-order valence-electron chi connectivity index (χ0n) is 10.7. The summed E-state index contributed by atoms with van der Waals surface area (Å²) in [5.74, 6) is 0.957. The molecule has 0 saturated carbocycles. The molecule has 16 heavy (non-hydrogen) atoms. The second kappa shape index (κ2) is 10.0. The lowest BCUT2D eigenvalue weighted by Gasteiger charge is -2.08. The molecule has 88 valence electrons. The van der Waals surface area contributed by atoms with Crippen LogP contribution in [0.2, 0.25) is 0 Å². The van der Waals surface area contributed by atoms with Gasteiger partial charge in [-0.2, -0.15) is 0 Å². The van der Waals surface area contributed by atoms with Crippen LogP contribution in [0.5, 0.6) is 0 Å². The number of rotatable bonds is 1. The van der Waals surface area contributed by atoms with Crippen molar-refractivity contribution in [3.05, 3.63) is 54.3 Å². The average Bonchev–Trinajstić information content (AvgIpc) is 2.45. The van der Waals surface area contributed by atoms with Crippen molar-refractivity contribution in [1.82, 2.24) is 0 Å². The SMILES string of the molecule is C1=COC(c2ccccc2)=CC1.CC.CC. The largest absolute Gasteiger partial charge is 0.465 e. The Labute approximate surface area is 99.5 Å². The molecule has 0 spiro atoms. The van der Waals surface area contributed by atoms with Gasteiger partial charge in [-0.25, -0.2) is 0 Å². The van der Waals surface area contributed by atoms with E-state index >= 15 is 0 Å². The van der Waals surface area contributed by atoms with Crippen LogP contribution in [0.4, 0.5) is 0 Å². The van der Waals surface area contributed by atoms with Crippen LogP contribution in [0.25, 0.3) is 5.76 Å². The molecule has 0 bridgehead atoms. The van der Waals surface area contributed by atoms with E-state index in [9.17, 15) is 0 Å². The van der Waals surface area contributed by atoms with Gasteiger partial charge in [0.25, 0.3) is 0 Å². The van der Waals surface area contributed by atoms with E-state index in [1.807, 2.05) is 64.1 Å². The molecule has 0 atom stereocenters. The topological polar surface area (TPSA) is 9.23 Å². The molecular formula is C15H22O. The fraction of sp³-hybridized carbons (Fsp3) is 0.333. The summed E-state index contributed by atoms with van der Waals surface area (Å²) in [6, 6.07) is 10.1. The van der Waals surface area contributed by atoms with E-state index in [1.54, 1.807) is 6.26 Å². The molecule has 0 aromatic heterocycles. The third kappa shape index (κ3) is 4.83. The lowest BCUT2D eigenvalue weighted by molar-refractivity contribution is 0.427. The van der Waals surface area contributed by atoms with Crippen LogP contribution in [0.1, 0.15) is 39.7 Å². The van der Waals surface area contributed by atoms with E-state index in [2.05, 4.69) is 6.08 Å². The third-order valence-electron chi connectivity index (χ3n) is 1.79. The Hall–Kier alpha value is -1.50. The van der Waals surface area contributed by atoms with Gasteiger partial charge < -0.3 is 4.74 Å². The van der Waals surface area contributed by atoms with Gasteiger partial charge in [0.05, 0.1) is 6.26 Å². The first-order valence-electron chi connectivity index (χ1n) is 6.04. The summed E-state index contributed by atoms with van der Waals surface area (Å²) in [5.41, 5.74) is 1.14. The third-order valence-corrected chi connectivity index (χ3v) is 1.79. The molecule has 1 aliphatic rings. The van der Waals surface area contributed by atoms with E-state index in [0.29, 0.717) is 0 Å². The number of benzene rings is 1. The van der Waals surface area contributed by atoms with Crippen LogP contribution in [0.3, 0.4) is 0 Å². The molecule has 2 rings (SSSR count). The predicted octanol–water partition coefficient (Wildman–Crippen LogP) is 5.01. The highest BCUT2D eigenvalue weighted by Crippen LogP contribution is 2.19. The lowest BCUT2D eigenvalue weighted by atomic mass is 10.1. The van der Waals surface area contributed by atoms with Crippen LogP contribution < -0.4 is 0 Å². The minimum Gasteiger partial charge on any atom is -0.465 e. The number of ether oxygens (including phenoxy) is 1. The van der Waals surface area contributed by atoms with E-state index in [1.165, 1.54) is 0 Å². The van der Waals surface area contributed by atoms with Gasteiger partial charge in [0, 0.05) is 5.56 Å². The molecule has 1 aromatic carbocycles. The molecule has 0 amide bonds. The van der Waals surface area contributed by atoms with E-state index < -0.39 is 0 Å². The molecule has 0 aliphatic carbocycles. The highest BCUT2D eigenvalue weighted by Gasteiger charge is 2.01. The molecular weight excluding hydrogens is 196 g/mol. The van der Waals surface area contributed by atoms with Gasteiger partial charge in [0.2, 0.25) is 0 Å². The van der Waals surface area contributed by atoms with Gasteiger partial charge in [0.1, 0.15) is 5.76 Å². The smallest absolute Gasteiger partial charge is 0.130 e. The highest BCUT2D eigenvalue weighted by atomic mass is 16.5. The molecule has 1 aromatic rings. The Morgan fingerprint density at radius 3 is 2.06 bits per heavy atom. The normalized spacial score (nSPS) is 12.1. The van der Waals surface area contributed by atoms with Gasteiger partial charge >= 0.3 is 0 Å². The fourth-order valence-corrected chi connectivity index (χ4v) is 1.19. The number of hydrogen-bond donors (Lipinski definition) is 0. The summed E-state index contributed by atoms with van der Waals surface area (Å²) in [7, 11) is 0. The quantitative estimate of drug-likeness (QED) is 0.643. The van der Waals surface area contributed by atoms with Gasteiger partial charge in [-0.15, -0.1) is 0 Å². The lowest BCUT2D eigenvalue weighted by Crippen LogP contribution is -1.89. The van der Waals surface area contributed by atoms with E-state index in [4.69, 9.17) is 4.74 Å². The average molecular weight is 218 g/mol. The van der Waals surface area contributed by atoms with Crippen molar-refractivity contribution < 1.29 is 4.74 Å². The van der Waals surface area contributed by atoms with Crippen molar-refractivity contribution >= 4 is 5.76 Å². The van der Waals surface area contributed by atoms with Gasteiger partial charge in [-0.05, 0) is 18.6 Å². The minimum atomic E-state index is 0.957. The maximum Gasteiger partial charge on any atom is 0.130 e. The molecule has 1 heteroatoms. The minimum absolute atomic E-state index is 0.957. The van der Waals surface area contributed by atoms with Crippen molar-refractivity contribution in [3.8, 4) is 0 Å². The van der Waals surface area contributed by atoms with Crippen molar-refractivity contribution in [2.24, 2.45) is 0 Å². The van der Waals surface area contributed by atoms with Crippen molar-refractivity contribution in [2.75, 3.05) is 0 Å². The highest BCUT2D eigenvalue weighted by molar-refractivity contribution is 5.60. The van der Waals surface area contributed by atoms with Crippen LogP contribution in [0.15, 0.2) is 48.7 Å². The second-order valence-corrected chi connectivity index (χ2v) is 2.66. The summed E-state index contributed by atoms with van der Waals surface area (Å²) in [5, 5.41) is 0. The number of hydrogen-bond acceptors (Lipinski definition) is 1. The molecule has 0 radical (unpaired) electrons. The van der Waals surface area contributed by atoms with Crippen LogP contribution in [0, 0.1) is 0 Å². The van der Waals surface area contributed by atoms with Crippen molar-refractivity contribution in [3.63, 3.8) is 0 Å². The Morgan fingerprint density at radius 2 is 1.56 bits per heavy atom. The summed E-state index contributed by atoms with van der Waals surface area (Å²) >= 11 is 0. The van der Waals surface area contributed by atoms with Crippen LogP contribution >= 0.6 is 0 Å². The Kier molecular flexibility index (Phi) is 9.09. The molecule has 1 aliphatic heterocycles. The summed E-state index contributed by atoms with van der Waals surface area (Å²) in [6.45, 7) is 8.00. The van der Waals surface area contributed by atoms with Crippen LogP contribution in [-0.2, 0) is 4.74 Å². The maximum absolute atomic E-state index is 5.34. The maximum atomic E-state index is 5.34. The van der Waals surface area contributed by atoms with Crippen molar-refractivity contribution in [1.29, 1.82) is 0 Å². The first-order chi connectivity index (χ1) is 7.97. The van der Waals surface area contributed by atoms with Gasteiger partial charge in [0.15, 0.2) is 0 Å². The zero-order chi connectivity index (χ0) is 12.2. The number of allylic oxidation sites excluding steroid dienone is 2. The monoisotopic (exact) mass is 218 g/mol. The molecule has 1 heterocycles. The predicted molar refractivity (Wildman–Crippen MR) is 72.0 cm³/mol. The first kappa shape index (κ1) is 14.5. The zero-order valence-corrected chi connectivity index (χ0v) is 10.7. The molecule has 0 fully saturated rings. The summed E-state index contributed by atoms with van der Waals surface area (Å²) in [4.78, 5) is 0. The Morgan fingerprint density at radius 1 is 0.938 bits per heavy atom. The van der Waals surface area contributed by atoms with E-state index in [0.717, 1.165) is 17.7 Å². The second-order valence-electron chi connectivity index (χ2n) is 2.66. The summed E-state index contributed by atoms with van der Waals surface area (Å²) < 4.78 is 5.34. The molecule has 0 saturated heterocycles. The van der Waals surface area contributed by atoms with Gasteiger partial charge in [-0.1, -0.05) is 58.0 Å². The van der Waals surface area contributed by atoms with E-state index in [-0.39, 0.29) is 0 Å². The Balaban J connectivity index is 0.000000509. The Bertz CT molecular complexity index is 309. The standard InChI is InChI=1S/C11H10O.2C2H6/c1-2-6-10(7-3-1)11-8-4-5-9-12-11;2*1-2/h1-3,5-9H,4H2;2*1-2H3. The van der Waals surface area contributed by atoms with Crippen molar-refractivity contribution in [2.45, 2.75) is 34.1 Å². The van der Waals surface area contributed by atoms with Gasteiger partial charge in [-0.3, -0.25) is 0 Å². The molecule has 0 N–H and O–H groups in total. The fourth-order valence-electron chi connectivity index (χ4n) is 1.19. The molecule has 0 unspecified atom stereocenters.